The fourth-order valence-electron chi connectivity index (χ4n) is 1.63. The number of carbonyl (C=O) groups is 2. The topological polar surface area (TPSA) is 46.2 Å². The highest BCUT2D eigenvalue weighted by Crippen LogP contribution is 2.17. The summed E-state index contributed by atoms with van der Waals surface area (Å²) in [5.74, 6) is -0.290. The van der Waals surface area contributed by atoms with Crippen LogP contribution in [0.25, 0.3) is 0 Å². The molecule has 86 valence electrons. The predicted molar refractivity (Wildman–Crippen MR) is 66.7 cm³/mol. The van der Waals surface area contributed by atoms with Crippen LogP contribution in [0.1, 0.15) is 12.5 Å². The number of hydrogen-bond donors (Lipinski definition) is 1. The number of anilines is 1. The van der Waals surface area contributed by atoms with Gasteiger partial charge in [-0.25, -0.2) is 0 Å². The van der Waals surface area contributed by atoms with Gasteiger partial charge in [0, 0.05) is 17.3 Å². The summed E-state index contributed by atoms with van der Waals surface area (Å²) in [4.78, 5) is 23.1. The van der Waals surface area contributed by atoms with E-state index in [0.717, 1.165) is 11.3 Å². The van der Waals surface area contributed by atoms with Gasteiger partial charge in [-0.1, -0.05) is 17.7 Å². The second kappa shape index (κ2) is 4.37. The number of allylic oxidation sites excluding steroid dienone is 3. The third kappa shape index (κ3) is 2.50. The summed E-state index contributed by atoms with van der Waals surface area (Å²) in [6.07, 6.45) is 2.68. The van der Waals surface area contributed by atoms with Crippen LogP contribution in [0.5, 0.6) is 0 Å². The summed E-state index contributed by atoms with van der Waals surface area (Å²) >= 11 is 0. The molecule has 0 heterocycles. The van der Waals surface area contributed by atoms with E-state index in [2.05, 4.69) is 5.32 Å². The van der Waals surface area contributed by atoms with Crippen LogP contribution in [0.15, 0.2) is 47.7 Å². The molecule has 1 aromatic carbocycles. The lowest BCUT2D eigenvalue weighted by Crippen LogP contribution is -2.18. The van der Waals surface area contributed by atoms with Gasteiger partial charge in [-0.05, 0) is 32.1 Å². The van der Waals surface area contributed by atoms with E-state index in [9.17, 15) is 9.59 Å². The second-order valence-corrected chi connectivity index (χ2v) is 4.11. The quantitative estimate of drug-likeness (QED) is 0.789. The lowest BCUT2D eigenvalue weighted by Gasteiger charge is -2.13. The maximum atomic E-state index is 11.8. The number of aryl methyl sites for hydroxylation is 1. The molecule has 0 radical (unpaired) electrons. The largest absolute Gasteiger partial charge is 0.352 e. The zero-order valence-corrected chi connectivity index (χ0v) is 9.78. The fraction of sp³-hybridized carbons (Fsp3) is 0.143. The van der Waals surface area contributed by atoms with Crippen molar-refractivity contribution in [3.8, 4) is 0 Å². The van der Waals surface area contributed by atoms with Crippen molar-refractivity contribution in [3.63, 3.8) is 0 Å². The summed E-state index contributed by atoms with van der Waals surface area (Å²) in [6, 6.07) is 7.64. The third-order valence-corrected chi connectivity index (χ3v) is 2.58. The van der Waals surface area contributed by atoms with E-state index in [-0.39, 0.29) is 11.6 Å². The van der Waals surface area contributed by atoms with E-state index < -0.39 is 0 Å². The van der Waals surface area contributed by atoms with Gasteiger partial charge in [0.2, 0.25) is 5.78 Å². The minimum atomic E-state index is -0.156. The molecular formula is C14H13NO2. The molecule has 3 heteroatoms. The van der Waals surface area contributed by atoms with Crippen molar-refractivity contribution in [2.45, 2.75) is 13.8 Å². The van der Waals surface area contributed by atoms with Gasteiger partial charge in [0.1, 0.15) is 0 Å². The minimum Gasteiger partial charge on any atom is -0.352 e. The molecule has 17 heavy (non-hydrogen) atoms. The maximum absolute atomic E-state index is 11.8. The van der Waals surface area contributed by atoms with E-state index in [0.29, 0.717) is 11.3 Å². The van der Waals surface area contributed by atoms with Gasteiger partial charge in [-0.15, -0.1) is 0 Å². The molecule has 1 aliphatic carbocycles. The monoisotopic (exact) mass is 227 g/mol. The van der Waals surface area contributed by atoms with Crippen molar-refractivity contribution in [2.75, 3.05) is 5.32 Å². The Kier molecular flexibility index (Phi) is 2.91. The number of hydrogen-bond acceptors (Lipinski definition) is 3. The van der Waals surface area contributed by atoms with Crippen molar-refractivity contribution < 1.29 is 9.59 Å². The number of rotatable bonds is 2. The first-order valence-electron chi connectivity index (χ1n) is 5.38. The first-order valence-corrected chi connectivity index (χ1v) is 5.38. The zero-order chi connectivity index (χ0) is 12.4. The number of carbonyl (C=O) groups excluding carboxylic acids is 2. The molecule has 1 aromatic rings. The standard InChI is InChI=1S/C14H13NO2/c1-9-3-5-11(6-4-9)15-13-8-12(16)7-10(2)14(13)17/h3-8,15H,1-2H3. The Morgan fingerprint density at radius 1 is 0.941 bits per heavy atom. The van der Waals surface area contributed by atoms with Crippen LogP contribution in [-0.4, -0.2) is 11.6 Å². The van der Waals surface area contributed by atoms with Crippen molar-refractivity contribution in [2.24, 2.45) is 0 Å². The van der Waals surface area contributed by atoms with Crippen LogP contribution in [0.4, 0.5) is 5.69 Å². The highest BCUT2D eigenvalue weighted by molar-refractivity contribution is 6.21. The van der Waals surface area contributed by atoms with E-state index in [1.165, 1.54) is 12.2 Å². The maximum Gasteiger partial charge on any atom is 0.205 e. The summed E-state index contributed by atoms with van der Waals surface area (Å²) in [5.41, 5.74) is 2.75. The van der Waals surface area contributed by atoms with Crippen molar-refractivity contribution in [1.82, 2.24) is 0 Å². The smallest absolute Gasteiger partial charge is 0.205 e. The highest BCUT2D eigenvalue weighted by Gasteiger charge is 2.18. The van der Waals surface area contributed by atoms with Crippen LogP contribution >= 0.6 is 0 Å². The van der Waals surface area contributed by atoms with Gasteiger partial charge in [-0.3, -0.25) is 9.59 Å². The average molecular weight is 227 g/mol. The first kappa shape index (κ1) is 11.3. The summed E-state index contributed by atoms with van der Waals surface area (Å²) in [5, 5.41) is 2.97. The summed E-state index contributed by atoms with van der Waals surface area (Å²) in [6.45, 7) is 3.63. The molecule has 0 saturated carbocycles. The Balaban J connectivity index is 2.22. The lowest BCUT2D eigenvalue weighted by molar-refractivity contribution is -0.115. The molecule has 0 bridgehead atoms. The molecule has 0 fully saturated rings. The third-order valence-electron chi connectivity index (χ3n) is 2.58. The predicted octanol–water partition coefficient (Wildman–Crippen LogP) is 2.39. The van der Waals surface area contributed by atoms with Crippen molar-refractivity contribution in [1.29, 1.82) is 0 Å². The molecule has 1 aliphatic rings. The van der Waals surface area contributed by atoms with E-state index in [1.807, 2.05) is 31.2 Å². The van der Waals surface area contributed by atoms with Crippen molar-refractivity contribution >= 4 is 17.3 Å². The SMILES string of the molecule is CC1=CC(=O)C=C(Nc2ccc(C)cc2)C1=O. The number of nitrogens with one attached hydrogen (secondary N) is 1. The first-order chi connectivity index (χ1) is 8.06. The molecule has 1 N–H and O–H groups in total. The number of Topliss-reactive ketones (excluding diaryl/α,β-unsaturated/α-hetero) is 1. The number of benzene rings is 1. The molecular weight excluding hydrogens is 214 g/mol. The van der Waals surface area contributed by atoms with Gasteiger partial charge in [0.05, 0.1) is 5.70 Å². The van der Waals surface area contributed by atoms with Gasteiger partial charge in [-0.2, -0.15) is 0 Å². The van der Waals surface area contributed by atoms with Crippen molar-refractivity contribution in [3.05, 3.63) is 53.3 Å². The Morgan fingerprint density at radius 2 is 1.59 bits per heavy atom. The van der Waals surface area contributed by atoms with Crippen LogP contribution < -0.4 is 5.32 Å². The summed E-state index contributed by atoms with van der Waals surface area (Å²) < 4.78 is 0. The molecule has 0 aromatic heterocycles. The average Bonchev–Trinajstić information content (AvgIpc) is 2.28. The molecule has 2 rings (SSSR count). The van der Waals surface area contributed by atoms with Gasteiger partial charge in [0.15, 0.2) is 5.78 Å². The molecule has 0 aliphatic heterocycles. The van der Waals surface area contributed by atoms with Crippen LogP contribution in [0, 0.1) is 6.92 Å². The molecule has 0 amide bonds. The van der Waals surface area contributed by atoms with Gasteiger partial charge < -0.3 is 5.32 Å². The van der Waals surface area contributed by atoms with E-state index in [4.69, 9.17) is 0 Å². The van der Waals surface area contributed by atoms with Crippen LogP contribution in [0.3, 0.4) is 0 Å². The summed E-state index contributed by atoms with van der Waals surface area (Å²) in [7, 11) is 0. The highest BCUT2D eigenvalue weighted by atomic mass is 16.1. The zero-order valence-electron chi connectivity index (χ0n) is 9.78. The Bertz CT molecular complexity index is 536. The number of ketones is 2. The normalized spacial score (nSPS) is 15.4. The minimum absolute atomic E-state index is 0.134. The van der Waals surface area contributed by atoms with E-state index in [1.54, 1.807) is 6.92 Å². The lowest BCUT2D eigenvalue weighted by atomic mass is 10.0. The molecule has 0 atom stereocenters. The Labute approximate surface area is 99.8 Å². The Morgan fingerprint density at radius 3 is 2.24 bits per heavy atom. The molecule has 0 saturated heterocycles. The van der Waals surface area contributed by atoms with Crippen LogP contribution in [-0.2, 0) is 9.59 Å². The second-order valence-electron chi connectivity index (χ2n) is 4.11. The van der Waals surface area contributed by atoms with E-state index >= 15 is 0 Å². The fourth-order valence-corrected chi connectivity index (χ4v) is 1.63. The molecule has 3 nitrogen and oxygen atoms in total. The Hall–Kier alpha value is -2.16. The van der Waals surface area contributed by atoms with Crippen LogP contribution in [0.2, 0.25) is 0 Å². The molecule has 0 spiro atoms. The molecule has 0 unspecified atom stereocenters. The van der Waals surface area contributed by atoms with Gasteiger partial charge >= 0.3 is 0 Å². The van der Waals surface area contributed by atoms with Gasteiger partial charge in [0.25, 0.3) is 0 Å².